The number of amides is 1. The highest BCUT2D eigenvalue weighted by Gasteiger charge is 2.50. The summed E-state index contributed by atoms with van der Waals surface area (Å²) in [6.07, 6.45) is -1.48. The van der Waals surface area contributed by atoms with Crippen LogP contribution in [0.25, 0.3) is 0 Å². The normalized spacial score (nSPS) is 21.6. The van der Waals surface area contributed by atoms with Crippen molar-refractivity contribution < 1.29 is 27.9 Å². The molecule has 43 heavy (non-hydrogen) atoms. The summed E-state index contributed by atoms with van der Waals surface area (Å²) in [5, 5.41) is 10.2. The maximum Gasteiger partial charge on any atom is 0.306 e. The summed E-state index contributed by atoms with van der Waals surface area (Å²) in [5.74, 6) is -1.92. The number of hydrogen-bond donors (Lipinski definition) is 1. The fourth-order valence-electron chi connectivity index (χ4n) is 5.65. The van der Waals surface area contributed by atoms with Crippen molar-refractivity contribution in [2.24, 2.45) is 5.92 Å². The Balaban J connectivity index is 1.67. The second-order valence-electron chi connectivity index (χ2n) is 11.4. The average Bonchev–Trinajstić information content (AvgIpc) is 3.82. The van der Waals surface area contributed by atoms with Crippen LogP contribution in [0.5, 0.6) is 0 Å². The number of nitrogens with zero attached hydrogens (tertiary/aromatic N) is 2. The Hall–Kier alpha value is -3.11. The zero-order valence-electron chi connectivity index (χ0n) is 23.8. The number of carboxylic acid groups (broad SMARTS) is 1. The van der Waals surface area contributed by atoms with Gasteiger partial charge in [0.1, 0.15) is 12.2 Å². The molecule has 3 aromatic rings. The molecule has 3 aromatic carbocycles. The van der Waals surface area contributed by atoms with Gasteiger partial charge in [0.2, 0.25) is 10.0 Å². The Kier molecular flexibility index (Phi) is 9.37. The topological polar surface area (TPSA) is 104 Å². The van der Waals surface area contributed by atoms with Crippen molar-refractivity contribution in [1.29, 1.82) is 0 Å². The molecule has 1 heterocycles. The number of rotatable bonds is 11. The maximum absolute atomic E-state index is 14.3. The number of hydrogen-bond acceptors (Lipinski definition) is 5. The molecule has 228 valence electrons. The third-order valence-electron chi connectivity index (χ3n) is 7.95. The summed E-state index contributed by atoms with van der Waals surface area (Å²) in [7, 11) is -3.72. The number of carbonyl (C=O) groups excluding carboxylic acids is 1. The summed E-state index contributed by atoms with van der Waals surface area (Å²) in [6.45, 7) is 3.85. The number of benzene rings is 3. The van der Waals surface area contributed by atoms with E-state index in [1.54, 1.807) is 71.6 Å². The van der Waals surface area contributed by atoms with Crippen LogP contribution in [-0.2, 0) is 24.3 Å². The summed E-state index contributed by atoms with van der Waals surface area (Å²) in [6, 6.07) is 21.6. The van der Waals surface area contributed by atoms with Crippen LogP contribution in [0.15, 0.2) is 78.9 Å². The molecular weight excluding hydrogens is 611 g/mol. The smallest absolute Gasteiger partial charge is 0.306 e. The summed E-state index contributed by atoms with van der Waals surface area (Å²) in [4.78, 5) is 27.9. The van der Waals surface area contributed by atoms with E-state index in [1.165, 1.54) is 4.31 Å². The van der Waals surface area contributed by atoms with Crippen molar-refractivity contribution in [2.45, 2.75) is 62.7 Å². The molecule has 0 aromatic heterocycles. The van der Waals surface area contributed by atoms with Gasteiger partial charge in [0.25, 0.3) is 5.91 Å². The van der Waals surface area contributed by atoms with E-state index in [0.29, 0.717) is 39.7 Å². The first-order valence-corrected chi connectivity index (χ1v) is 16.5. The van der Waals surface area contributed by atoms with E-state index in [4.69, 9.17) is 27.9 Å². The first-order valence-electron chi connectivity index (χ1n) is 14.2. The van der Waals surface area contributed by atoms with Gasteiger partial charge in [-0.1, -0.05) is 79.5 Å². The lowest BCUT2D eigenvalue weighted by atomic mass is 9.88. The van der Waals surface area contributed by atoms with E-state index in [2.05, 4.69) is 0 Å². The lowest BCUT2D eigenvalue weighted by Crippen LogP contribution is -2.59. The van der Waals surface area contributed by atoms with Crippen LogP contribution in [0.2, 0.25) is 10.0 Å². The van der Waals surface area contributed by atoms with Crippen LogP contribution in [0, 0.1) is 5.92 Å². The highest BCUT2D eigenvalue weighted by atomic mass is 35.5. The molecule has 0 radical (unpaired) electrons. The van der Waals surface area contributed by atoms with E-state index in [0.717, 1.165) is 0 Å². The van der Waals surface area contributed by atoms with Crippen LogP contribution >= 0.6 is 23.2 Å². The van der Waals surface area contributed by atoms with Gasteiger partial charge in [-0.15, -0.1) is 0 Å². The van der Waals surface area contributed by atoms with Gasteiger partial charge < -0.3 is 14.7 Å². The SMILES string of the molecule is CC(C)[C@H](CN(c1ccccc1)S(=O)(=O)C1CC1)N1C(=O)[C@H](CC(=O)O)O[C@H](c2cccc(Cl)c2)C1c1ccc(Cl)cc1. The molecule has 2 fully saturated rings. The number of sulfonamides is 1. The second-order valence-corrected chi connectivity index (χ2v) is 14.4. The molecule has 1 aliphatic carbocycles. The van der Waals surface area contributed by atoms with Crippen molar-refractivity contribution >= 4 is 50.8 Å². The van der Waals surface area contributed by atoms with Gasteiger partial charge >= 0.3 is 5.97 Å². The Morgan fingerprint density at radius 2 is 1.65 bits per heavy atom. The van der Waals surface area contributed by atoms with Gasteiger partial charge in [-0.05, 0) is 66.3 Å². The quantitative estimate of drug-likeness (QED) is 0.255. The maximum atomic E-state index is 14.3. The van der Waals surface area contributed by atoms with Gasteiger partial charge in [0, 0.05) is 10.0 Å². The standard InChI is InChI=1S/C32H34Cl2N2O6S/c1-20(2)27(19-35(25-9-4-3-5-10-25)43(40,41)26-15-16-26)36-30(21-11-13-23(33)14-12-21)31(22-7-6-8-24(34)17-22)42-28(32(36)39)18-29(37)38/h3-14,17,20,26-28,30-31H,15-16,18-19H2,1-2H3,(H,37,38)/t27-,28-,30?,31+/m0/s1. The molecule has 4 atom stereocenters. The summed E-state index contributed by atoms with van der Waals surface area (Å²) < 4.78 is 35.4. The van der Waals surface area contributed by atoms with Crippen molar-refractivity contribution in [1.82, 2.24) is 4.90 Å². The zero-order chi connectivity index (χ0) is 30.9. The minimum Gasteiger partial charge on any atom is -0.481 e. The number of anilines is 1. The Morgan fingerprint density at radius 1 is 0.977 bits per heavy atom. The Morgan fingerprint density at radius 3 is 2.23 bits per heavy atom. The predicted octanol–water partition coefficient (Wildman–Crippen LogP) is 6.50. The predicted molar refractivity (Wildman–Crippen MR) is 167 cm³/mol. The van der Waals surface area contributed by atoms with Crippen molar-refractivity contribution in [3.63, 3.8) is 0 Å². The van der Waals surface area contributed by atoms with E-state index in [1.807, 2.05) is 26.0 Å². The number of carboxylic acids is 1. The van der Waals surface area contributed by atoms with E-state index >= 15 is 0 Å². The minimum absolute atomic E-state index is 0.0155. The Labute approximate surface area is 262 Å². The van der Waals surface area contributed by atoms with Crippen molar-refractivity contribution in [3.8, 4) is 0 Å². The van der Waals surface area contributed by atoms with E-state index < -0.39 is 57.9 Å². The van der Waals surface area contributed by atoms with E-state index in [-0.39, 0.29) is 12.5 Å². The van der Waals surface area contributed by atoms with Crippen LogP contribution in [0.4, 0.5) is 5.69 Å². The van der Waals surface area contributed by atoms with Gasteiger partial charge in [0.15, 0.2) is 0 Å². The largest absolute Gasteiger partial charge is 0.481 e. The second kappa shape index (κ2) is 12.9. The average molecular weight is 646 g/mol. The molecule has 5 rings (SSSR count). The third kappa shape index (κ3) is 6.85. The van der Waals surface area contributed by atoms with Crippen LogP contribution in [-0.4, -0.2) is 54.2 Å². The minimum atomic E-state index is -3.72. The summed E-state index contributed by atoms with van der Waals surface area (Å²) in [5.41, 5.74) is 1.88. The molecule has 2 aliphatic rings. The first-order chi connectivity index (χ1) is 20.5. The molecule has 1 aliphatic heterocycles. The van der Waals surface area contributed by atoms with Gasteiger partial charge in [-0.3, -0.25) is 13.9 Å². The number of morpholine rings is 1. The number of ether oxygens (including phenoxy) is 1. The highest BCUT2D eigenvalue weighted by Crippen LogP contribution is 2.46. The molecule has 1 saturated heterocycles. The molecule has 1 unspecified atom stereocenters. The third-order valence-corrected chi connectivity index (χ3v) is 10.7. The van der Waals surface area contributed by atoms with E-state index in [9.17, 15) is 23.1 Å². The van der Waals surface area contributed by atoms with Gasteiger partial charge in [-0.2, -0.15) is 0 Å². The highest BCUT2D eigenvalue weighted by molar-refractivity contribution is 7.93. The molecule has 1 N–H and O–H groups in total. The number of carbonyl (C=O) groups is 2. The molecule has 1 saturated carbocycles. The first kappa shape index (κ1) is 31.3. The zero-order valence-corrected chi connectivity index (χ0v) is 26.2. The molecule has 0 spiro atoms. The fourth-order valence-corrected chi connectivity index (χ4v) is 7.84. The monoisotopic (exact) mass is 644 g/mol. The van der Waals surface area contributed by atoms with Crippen molar-refractivity contribution in [3.05, 3.63) is 100 Å². The van der Waals surface area contributed by atoms with Crippen molar-refractivity contribution in [2.75, 3.05) is 10.8 Å². The number of aliphatic carboxylic acids is 1. The molecule has 8 nitrogen and oxygen atoms in total. The number of halogens is 2. The number of para-hydroxylation sites is 1. The fraction of sp³-hybridized carbons (Fsp3) is 0.375. The van der Waals surface area contributed by atoms with Gasteiger partial charge in [-0.25, -0.2) is 8.42 Å². The molecular formula is C32H34Cl2N2O6S. The van der Waals surface area contributed by atoms with Crippen LogP contribution in [0.1, 0.15) is 56.4 Å². The van der Waals surface area contributed by atoms with Crippen LogP contribution in [0.3, 0.4) is 0 Å². The summed E-state index contributed by atoms with van der Waals surface area (Å²) >= 11 is 12.6. The van der Waals surface area contributed by atoms with Crippen LogP contribution < -0.4 is 4.31 Å². The van der Waals surface area contributed by atoms with Gasteiger partial charge in [0.05, 0.1) is 36.0 Å². The molecule has 11 heteroatoms. The lowest BCUT2D eigenvalue weighted by molar-refractivity contribution is -0.184. The lowest BCUT2D eigenvalue weighted by Gasteiger charge is -2.50. The molecule has 1 amide bonds. The molecule has 0 bridgehead atoms. The Bertz CT molecular complexity index is 1560.